The maximum atomic E-state index is 12.6. The molecule has 0 unspecified atom stereocenters. The van der Waals surface area contributed by atoms with Crippen molar-refractivity contribution < 1.29 is 9.72 Å². The maximum absolute atomic E-state index is 12.6. The molecule has 0 atom stereocenters. The summed E-state index contributed by atoms with van der Waals surface area (Å²) >= 11 is 1.16. The minimum absolute atomic E-state index is 0.0649. The predicted octanol–water partition coefficient (Wildman–Crippen LogP) is 5.24. The fourth-order valence-corrected chi connectivity index (χ4v) is 3.55. The van der Waals surface area contributed by atoms with Gasteiger partial charge in [0.25, 0.3) is 5.69 Å². The molecule has 33 heavy (non-hydrogen) atoms. The number of nitro groups is 1. The number of Topliss-reactive ketones (excluding diaryl/α,β-unsaturated/α-hetero) is 1. The van der Waals surface area contributed by atoms with Gasteiger partial charge >= 0.3 is 0 Å². The molecule has 0 aliphatic carbocycles. The van der Waals surface area contributed by atoms with Gasteiger partial charge in [0, 0.05) is 29.1 Å². The lowest BCUT2D eigenvalue weighted by Gasteiger charge is -2.10. The molecule has 4 rings (SSSR count). The number of nitrogens with zero attached hydrogens (tertiary/aromatic N) is 4. The first-order chi connectivity index (χ1) is 16.1. The molecule has 0 aliphatic heterocycles. The standard InChI is InChI=1S/C23H18N6O3S/c30-20(16-11-13-19(14-12-16)29(31)32)15-33-23-27-21(24-17-7-3-1-4-8-17)26-22(28-23)25-18-9-5-2-6-10-18/h1-14H,15H2,(H2,24,25,26,27,28). The Morgan fingerprint density at radius 2 is 1.30 bits per heavy atom. The van der Waals surface area contributed by atoms with Gasteiger partial charge in [-0.1, -0.05) is 48.2 Å². The third-order valence-electron chi connectivity index (χ3n) is 4.41. The lowest BCUT2D eigenvalue weighted by molar-refractivity contribution is -0.384. The van der Waals surface area contributed by atoms with Gasteiger partial charge in [0.2, 0.25) is 11.9 Å². The summed E-state index contributed by atoms with van der Waals surface area (Å²) in [5, 5.41) is 17.4. The largest absolute Gasteiger partial charge is 0.324 e. The number of nitro benzene ring substituents is 1. The smallest absolute Gasteiger partial charge is 0.269 e. The number of hydrogen-bond acceptors (Lipinski definition) is 9. The number of para-hydroxylation sites is 2. The first kappa shape index (κ1) is 21.9. The van der Waals surface area contributed by atoms with Crippen LogP contribution in [0.4, 0.5) is 29.0 Å². The van der Waals surface area contributed by atoms with Crippen LogP contribution in [0, 0.1) is 10.1 Å². The Bertz CT molecular complexity index is 1190. The summed E-state index contributed by atoms with van der Waals surface area (Å²) < 4.78 is 0. The Morgan fingerprint density at radius 3 is 1.79 bits per heavy atom. The number of aromatic nitrogens is 3. The topological polar surface area (TPSA) is 123 Å². The van der Waals surface area contributed by atoms with Crippen molar-refractivity contribution in [3.05, 3.63) is 101 Å². The summed E-state index contributed by atoms with van der Waals surface area (Å²) in [5.74, 6) is 0.544. The quantitative estimate of drug-likeness (QED) is 0.150. The highest BCUT2D eigenvalue weighted by atomic mass is 32.2. The third kappa shape index (κ3) is 6.11. The molecule has 4 aromatic rings. The molecule has 0 aliphatic rings. The number of non-ortho nitro benzene ring substituents is 1. The van der Waals surface area contributed by atoms with Crippen molar-refractivity contribution in [1.82, 2.24) is 15.0 Å². The van der Waals surface area contributed by atoms with Gasteiger partial charge < -0.3 is 10.6 Å². The molecule has 0 fully saturated rings. The third-order valence-corrected chi connectivity index (χ3v) is 5.25. The van der Waals surface area contributed by atoms with Crippen LogP contribution in [-0.4, -0.2) is 31.4 Å². The summed E-state index contributed by atoms with van der Waals surface area (Å²) in [6.45, 7) is 0. The molecule has 0 spiro atoms. The van der Waals surface area contributed by atoms with Crippen LogP contribution < -0.4 is 10.6 Å². The fraction of sp³-hybridized carbons (Fsp3) is 0.0435. The van der Waals surface area contributed by atoms with Crippen molar-refractivity contribution in [2.45, 2.75) is 5.16 Å². The van der Waals surface area contributed by atoms with Crippen molar-refractivity contribution in [3.63, 3.8) is 0 Å². The van der Waals surface area contributed by atoms with E-state index >= 15 is 0 Å². The summed E-state index contributed by atoms with van der Waals surface area (Å²) in [6.07, 6.45) is 0. The molecule has 1 aromatic heterocycles. The van der Waals surface area contributed by atoms with Gasteiger partial charge in [0.15, 0.2) is 10.9 Å². The van der Waals surface area contributed by atoms with Crippen molar-refractivity contribution in [2.75, 3.05) is 16.4 Å². The zero-order valence-corrected chi connectivity index (χ0v) is 18.0. The molecular formula is C23H18N6O3S. The second kappa shape index (κ2) is 10.3. The fourth-order valence-electron chi connectivity index (χ4n) is 2.82. The summed E-state index contributed by atoms with van der Waals surface area (Å²) in [7, 11) is 0. The zero-order valence-electron chi connectivity index (χ0n) is 17.2. The Labute approximate surface area is 193 Å². The lowest BCUT2D eigenvalue weighted by Crippen LogP contribution is -2.07. The van der Waals surface area contributed by atoms with Crippen molar-refractivity contribution >= 4 is 46.5 Å². The highest BCUT2D eigenvalue weighted by Crippen LogP contribution is 2.22. The Balaban J connectivity index is 1.52. The number of thioether (sulfide) groups is 1. The van der Waals surface area contributed by atoms with Crippen molar-refractivity contribution in [3.8, 4) is 0 Å². The molecule has 0 bridgehead atoms. The highest BCUT2D eigenvalue weighted by Gasteiger charge is 2.13. The van der Waals surface area contributed by atoms with E-state index in [1.165, 1.54) is 24.3 Å². The van der Waals surface area contributed by atoms with E-state index in [9.17, 15) is 14.9 Å². The first-order valence-electron chi connectivity index (χ1n) is 9.87. The maximum Gasteiger partial charge on any atom is 0.269 e. The molecular weight excluding hydrogens is 440 g/mol. The van der Waals surface area contributed by atoms with E-state index in [4.69, 9.17) is 0 Å². The van der Waals surface area contributed by atoms with Crippen LogP contribution in [0.1, 0.15) is 10.4 Å². The van der Waals surface area contributed by atoms with Crippen molar-refractivity contribution in [2.24, 2.45) is 0 Å². The van der Waals surface area contributed by atoms with Crippen LogP contribution in [-0.2, 0) is 0 Å². The second-order valence-corrected chi connectivity index (χ2v) is 7.71. The summed E-state index contributed by atoms with van der Waals surface area (Å²) in [6, 6.07) is 24.5. The Morgan fingerprint density at radius 1 is 0.788 bits per heavy atom. The van der Waals surface area contributed by atoms with Crippen LogP contribution in [0.25, 0.3) is 0 Å². The molecule has 1 heterocycles. The van der Waals surface area contributed by atoms with Gasteiger partial charge in [-0.05, 0) is 36.4 Å². The second-order valence-electron chi connectivity index (χ2n) is 6.76. The molecule has 0 saturated heterocycles. The number of carbonyl (C=O) groups is 1. The number of nitrogens with one attached hydrogen (secondary N) is 2. The van der Waals surface area contributed by atoms with E-state index in [2.05, 4.69) is 25.6 Å². The van der Waals surface area contributed by atoms with Crippen LogP contribution in [0.15, 0.2) is 90.1 Å². The molecule has 0 saturated carbocycles. The van der Waals surface area contributed by atoms with Gasteiger partial charge in [-0.3, -0.25) is 14.9 Å². The minimum atomic E-state index is -0.504. The van der Waals surface area contributed by atoms with Crippen LogP contribution >= 0.6 is 11.8 Å². The average molecular weight is 459 g/mol. The van der Waals surface area contributed by atoms with E-state index in [1.54, 1.807) is 0 Å². The number of rotatable bonds is 9. The highest BCUT2D eigenvalue weighted by molar-refractivity contribution is 7.99. The lowest BCUT2D eigenvalue weighted by atomic mass is 10.1. The van der Waals surface area contributed by atoms with Gasteiger partial charge in [-0.2, -0.15) is 15.0 Å². The molecule has 0 radical (unpaired) electrons. The van der Waals surface area contributed by atoms with Crippen LogP contribution in [0.3, 0.4) is 0 Å². The van der Waals surface area contributed by atoms with Gasteiger partial charge in [0.1, 0.15) is 0 Å². The monoisotopic (exact) mass is 458 g/mol. The number of benzene rings is 3. The molecule has 9 nitrogen and oxygen atoms in total. The summed E-state index contributed by atoms with van der Waals surface area (Å²) in [4.78, 5) is 36.1. The predicted molar refractivity (Wildman–Crippen MR) is 127 cm³/mol. The molecule has 2 N–H and O–H groups in total. The molecule has 0 amide bonds. The first-order valence-corrected chi connectivity index (χ1v) is 10.9. The van der Waals surface area contributed by atoms with E-state index in [1.807, 2.05) is 60.7 Å². The number of hydrogen-bond donors (Lipinski definition) is 2. The van der Waals surface area contributed by atoms with E-state index in [-0.39, 0.29) is 17.2 Å². The zero-order chi connectivity index (χ0) is 23.0. The van der Waals surface area contributed by atoms with Crippen LogP contribution in [0.5, 0.6) is 0 Å². The molecule has 164 valence electrons. The molecule has 10 heteroatoms. The van der Waals surface area contributed by atoms with E-state index < -0.39 is 4.92 Å². The Kier molecular flexibility index (Phi) is 6.86. The van der Waals surface area contributed by atoms with E-state index in [0.717, 1.165) is 23.1 Å². The van der Waals surface area contributed by atoms with Gasteiger partial charge in [-0.25, -0.2) is 0 Å². The van der Waals surface area contributed by atoms with Crippen molar-refractivity contribution in [1.29, 1.82) is 0 Å². The van der Waals surface area contributed by atoms with Gasteiger partial charge in [-0.15, -0.1) is 0 Å². The summed E-state index contributed by atoms with van der Waals surface area (Å²) in [5.41, 5.74) is 1.94. The number of anilines is 4. The normalized spacial score (nSPS) is 10.4. The van der Waals surface area contributed by atoms with Crippen LogP contribution in [0.2, 0.25) is 0 Å². The van der Waals surface area contributed by atoms with E-state index in [0.29, 0.717) is 22.6 Å². The molecule has 3 aromatic carbocycles. The SMILES string of the molecule is O=C(CSc1nc(Nc2ccccc2)nc(Nc2ccccc2)n1)c1ccc([N+](=O)[O-])cc1. The van der Waals surface area contributed by atoms with Gasteiger partial charge in [0.05, 0.1) is 10.7 Å². The number of ketones is 1. The Hall–Kier alpha value is -4.31. The number of carbonyl (C=O) groups excluding carboxylic acids is 1. The average Bonchev–Trinajstić information content (AvgIpc) is 2.84. The minimum Gasteiger partial charge on any atom is -0.324 e.